The van der Waals surface area contributed by atoms with E-state index >= 15 is 0 Å². The van der Waals surface area contributed by atoms with Crippen molar-refractivity contribution in [2.75, 3.05) is 13.1 Å². The lowest BCUT2D eigenvalue weighted by Crippen LogP contribution is -2.58. The van der Waals surface area contributed by atoms with Crippen LogP contribution >= 0.6 is 0 Å². The second-order valence-corrected chi connectivity index (χ2v) is 7.42. The van der Waals surface area contributed by atoms with Gasteiger partial charge in [0.25, 0.3) is 0 Å². The van der Waals surface area contributed by atoms with Crippen molar-refractivity contribution < 1.29 is 28.5 Å². The molecule has 8 heteroatoms. The van der Waals surface area contributed by atoms with Crippen molar-refractivity contribution in [2.45, 2.75) is 50.4 Å². The van der Waals surface area contributed by atoms with Crippen molar-refractivity contribution >= 4 is 6.09 Å². The van der Waals surface area contributed by atoms with Gasteiger partial charge >= 0.3 is 6.09 Å². The van der Waals surface area contributed by atoms with Gasteiger partial charge in [0.2, 0.25) is 5.60 Å². The Morgan fingerprint density at radius 3 is 2.38 bits per heavy atom. The number of nitrogens with zero attached hydrogens (tertiary/aromatic N) is 2. The van der Waals surface area contributed by atoms with Gasteiger partial charge in [-0.05, 0) is 39.7 Å². The van der Waals surface area contributed by atoms with Crippen LogP contribution in [0.2, 0.25) is 0 Å². The van der Waals surface area contributed by atoms with Crippen molar-refractivity contribution in [2.24, 2.45) is 0 Å². The van der Waals surface area contributed by atoms with E-state index in [4.69, 9.17) is 4.74 Å². The van der Waals surface area contributed by atoms with E-state index < -0.39 is 40.1 Å². The summed E-state index contributed by atoms with van der Waals surface area (Å²) in [5.41, 5.74) is -6.02. The number of carbonyl (C=O) groups excluding carboxylic acids is 1. The molecule has 142 valence electrons. The van der Waals surface area contributed by atoms with Crippen molar-refractivity contribution in [1.82, 2.24) is 4.90 Å². The molecule has 2 N–H and O–H groups in total. The molecule has 0 spiro atoms. The van der Waals surface area contributed by atoms with Crippen LogP contribution in [-0.4, -0.2) is 45.5 Å². The molecule has 0 bridgehead atoms. The number of ether oxygens (including phenoxy) is 1. The van der Waals surface area contributed by atoms with Gasteiger partial charge in [-0.1, -0.05) is 12.1 Å². The number of nitriles is 1. The van der Waals surface area contributed by atoms with Crippen molar-refractivity contribution in [3.05, 3.63) is 35.4 Å². The maximum Gasteiger partial charge on any atom is 0.410 e. The van der Waals surface area contributed by atoms with Gasteiger partial charge in [0.1, 0.15) is 17.3 Å². The SMILES string of the molecule is CC(C)(C)OC(=O)N1CCC(O)(C(O)(C#N)c2cccc(F)c2F)CC1. The average molecular weight is 368 g/mol. The van der Waals surface area contributed by atoms with Gasteiger partial charge in [-0.15, -0.1) is 0 Å². The lowest BCUT2D eigenvalue weighted by molar-refractivity contribution is -0.151. The minimum Gasteiger partial charge on any atom is -0.444 e. The summed E-state index contributed by atoms with van der Waals surface area (Å²) in [7, 11) is 0. The van der Waals surface area contributed by atoms with Gasteiger partial charge in [0.05, 0.1) is 0 Å². The third kappa shape index (κ3) is 3.64. The number of hydrogen-bond acceptors (Lipinski definition) is 5. The van der Waals surface area contributed by atoms with Crippen LogP contribution in [0.4, 0.5) is 13.6 Å². The summed E-state index contributed by atoms with van der Waals surface area (Å²) in [6, 6.07) is 4.58. The highest BCUT2D eigenvalue weighted by molar-refractivity contribution is 5.68. The standard InChI is InChI=1S/C18H22F2N2O4/c1-16(2,3)26-15(23)22-9-7-17(24,8-10-22)18(25,11-21)12-5-4-6-13(19)14(12)20/h4-6,24-25H,7-10H2,1-3H3. The van der Waals surface area contributed by atoms with E-state index in [2.05, 4.69) is 0 Å². The fourth-order valence-electron chi connectivity index (χ4n) is 2.95. The zero-order chi connectivity index (χ0) is 19.8. The van der Waals surface area contributed by atoms with Gasteiger partial charge in [-0.25, -0.2) is 13.6 Å². The first-order valence-electron chi connectivity index (χ1n) is 8.22. The maximum absolute atomic E-state index is 14.1. The van der Waals surface area contributed by atoms with Crippen molar-refractivity contribution in [3.63, 3.8) is 0 Å². The molecular formula is C18H22F2N2O4. The molecule has 26 heavy (non-hydrogen) atoms. The van der Waals surface area contributed by atoms with Gasteiger partial charge in [-0.2, -0.15) is 5.26 Å². The lowest BCUT2D eigenvalue weighted by Gasteiger charge is -2.44. The molecule has 0 radical (unpaired) electrons. The second kappa shape index (κ2) is 6.82. The minimum atomic E-state index is -2.65. The molecule has 1 aliphatic heterocycles. The van der Waals surface area contributed by atoms with Gasteiger partial charge < -0.3 is 19.8 Å². The number of hydrogen-bond donors (Lipinski definition) is 2. The first kappa shape index (κ1) is 20.1. The summed E-state index contributed by atoms with van der Waals surface area (Å²) in [6.07, 6.45) is -0.990. The van der Waals surface area contributed by atoms with Crippen molar-refractivity contribution in [3.8, 4) is 6.07 Å². The highest BCUT2D eigenvalue weighted by atomic mass is 19.2. The molecular weight excluding hydrogens is 346 g/mol. The van der Waals surface area contributed by atoms with Crippen molar-refractivity contribution in [1.29, 1.82) is 5.26 Å². The summed E-state index contributed by atoms with van der Waals surface area (Å²) in [5, 5.41) is 31.0. The molecule has 1 fully saturated rings. The normalized spacial score (nSPS) is 19.4. The molecule has 1 aromatic rings. The quantitative estimate of drug-likeness (QED) is 0.782. The van der Waals surface area contributed by atoms with Gasteiger partial charge in [-0.3, -0.25) is 0 Å². The number of halogens is 2. The van der Waals surface area contributed by atoms with Gasteiger partial charge in [0.15, 0.2) is 11.6 Å². The monoisotopic (exact) mass is 368 g/mol. The molecule has 2 rings (SSSR count). The average Bonchev–Trinajstić information content (AvgIpc) is 2.55. The van der Waals surface area contributed by atoms with Crippen LogP contribution in [0, 0.1) is 23.0 Å². The molecule has 1 atom stereocenters. The molecule has 0 saturated carbocycles. The van der Waals surface area contributed by atoms with E-state index in [-0.39, 0.29) is 25.9 Å². The van der Waals surface area contributed by atoms with E-state index in [0.29, 0.717) is 0 Å². The number of rotatable bonds is 2. The fraction of sp³-hybridized carbons (Fsp3) is 0.556. The molecule has 1 aromatic carbocycles. The third-order valence-corrected chi connectivity index (χ3v) is 4.42. The van der Waals surface area contributed by atoms with Crippen LogP contribution in [0.15, 0.2) is 18.2 Å². The second-order valence-electron chi connectivity index (χ2n) is 7.42. The van der Waals surface area contributed by atoms with E-state index in [1.165, 1.54) is 11.0 Å². The highest BCUT2D eigenvalue weighted by Gasteiger charge is 2.54. The van der Waals surface area contributed by atoms with E-state index in [0.717, 1.165) is 18.2 Å². The molecule has 1 amide bonds. The summed E-state index contributed by atoms with van der Waals surface area (Å²) >= 11 is 0. The Hall–Kier alpha value is -2.24. The van der Waals surface area contributed by atoms with Crippen LogP contribution < -0.4 is 0 Å². The zero-order valence-electron chi connectivity index (χ0n) is 14.9. The predicted molar refractivity (Wildman–Crippen MR) is 87.9 cm³/mol. The number of carbonyl (C=O) groups is 1. The number of piperidine rings is 1. The van der Waals surface area contributed by atoms with Crippen LogP contribution in [0.25, 0.3) is 0 Å². The molecule has 1 unspecified atom stereocenters. The molecule has 1 aliphatic rings. The Morgan fingerprint density at radius 1 is 1.31 bits per heavy atom. The van der Waals surface area contributed by atoms with Crippen LogP contribution in [0.1, 0.15) is 39.2 Å². The first-order chi connectivity index (χ1) is 11.9. The smallest absolute Gasteiger partial charge is 0.410 e. The number of amides is 1. The maximum atomic E-state index is 14.1. The number of aliphatic hydroxyl groups is 2. The van der Waals surface area contributed by atoms with Crippen LogP contribution in [0.3, 0.4) is 0 Å². The Bertz CT molecular complexity index is 734. The summed E-state index contributed by atoms with van der Waals surface area (Å²) < 4.78 is 32.9. The zero-order valence-corrected chi connectivity index (χ0v) is 14.9. The number of benzene rings is 1. The Kier molecular flexibility index (Phi) is 5.26. The predicted octanol–water partition coefficient (Wildman–Crippen LogP) is 2.44. The van der Waals surface area contributed by atoms with E-state index in [1.54, 1.807) is 20.8 Å². The lowest BCUT2D eigenvalue weighted by atomic mass is 9.72. The fourth-order valence-corrected chi connectivity index (χ4v) is 2.95. The minimum absolute atomic E-state index is 0.00760. The summed E-state index contributed by atoms with van der Waals surface area (Å²) in [5.74, 6) is -2.62. The number of likely N-dealkylation sites (tertiary alicyclic amines) is 1. The molecule has 1 saturated heterocycles. The van der Waals surface area contributed by atoms with Crippen LogP contribution in [-0.2, 0) is 10.3 Å². The molecule has 0 aliphatic carbocycles. The first-order valence-corrected chi connectivity index (χ1v) is 8.22. The summed E-state index contributed by atoms with van der Waals surface area (Å²) in [6.45, 7) is 5.13. The Labute approximate surface area is 150 Å². The van der Waals surface area contributed by atoms with E-state index in [9.17, 15) is 29.1 Å². The third-order valence-electron chi connectivity index (χ3n) is 4.42. The molecule has 1 heterocycles. The molecule has 6 nitrogen and oxygen atoms in total. The highest BCUT2D eigenvalue weighted by Crippen LogP contribution is 2.41. The van der Waals surface area contributed by atoms with Gasteiger partial charge in [0, 0.05) is 18.7 Å². The van der Waals surface area contributed by atoms with Crippen LogP contribution in [0.5, 0.6) is 0 Å². The Morgan fingerprint density at radius 2 is 1.88 bits per heavy atom. The largest absolute Gasteiger partial charge is 0.444 e. The van der Waals surface area contributed by atoms with E-state index in [1.807, 2.05) is 0 Å². The topological polar surface area (TPSA) is 93.8 Å². The summed E-state index contributed by atoms with van der Waals surface area (Å²) in [4.78, 5) is 13.4. The Balaban J connectivity index is 2.24. The molecule has 0 aromatic heterocycles.